The Bertz CT molecular complexity index is 729. The molecule has 0 aromatic heterocycles. The van der Waals surface area contributed by atoms with Crippen LogP contribution in [-0.4, -0.2) is 38.0 Å². The summed E-state index contributed by atoms with van der Waals surface area (Å²) in [4.78, 5) is 0.160. The van der Waals surface area contributed by atoms with E-state index in [9.17, 15) is 13.5 Å². The second-order valence-corrected chi connectivity index (χ2v) is 7.29. The first-order valence-electron chi connectivity index (χ1n) is 7.23. The molecule has 0 radical (unpaired) electrons. The summed E-state index contributed by atoms with van der Waals surface area (Å²) >= 11 is 0. The molecule has 2 rings (SSSR count). The third-order valence-electron chi connectivity index (χ3n) is 3.91. The van der Waals surface area contributed by atoms with Crippen LogP contribution in [0.2, 0.25) is 0 Å². The maximum absolute atomic E-state index is 12.7. The van der Waals surface area contributed by atoms with Gasteiger partial charge in [0.2, 0.25) is 10.0 Å². The number of likely N-dealkylation sites (N-methyl/N-ethyl adjacent to an activating group) is 1. The van der Waals surface area contributed by atoms with Crippen LogP contribution in [0.3, 0.4) is 0 Å². The Morgan fingerprint density at radius 1 is 1.04 bits per heavy atom. The van der Waals surface area contributed by atoms with Crippen LogP contribution in [0.1, 0.15) is 18.6 Å². The molecule has 6 heteroatoms. The summed E-state index contributed by atoms with van der Waals surface area (Å²) in [6, 6.07) is 14.6. The highest BCUT2D eigenvalue weighted by molar-refractivity contribution is 7.89. The van der Waals surface area contributed by atoms with Crippen molar-refractivity contribution in [2.75, 3.05) is 14.2 Å². The number of aliphatic hydroxyl groups excluding tert-OH is 1. The third-order valence-corrected chi connectivity index (χ3v) is 5.87. The van der Waals surface area contributed by atoms with Gasteiger partial charge in [0.25, 0.3) is 0 Å². The molecule has 0 saturated carbocycles. The molecule has 0 heterocycles. The first kappa shape index (κ1) is 17.5. The summed E-state index contributed by atoms with van der Waals surface area (Å²) < 4.78 is 31.6. The molecule has 23 heavy (non-hydrogen) atoms. The molecule has 0 amide bonds. The van der Waals surface area contributed by atoms with Crippen molar-refractivity contribution in [1.82, 2.24) is 4.31 Å². The highest BCUT2D eigenvalue weighted by Crippen LogP contribution is 2.25. The van der Waals surface area contributed by atoms with Gasteiger partial charge in [-0.2, -0.15) is 4.31 Å². The predicted molar refractivity (Wildman–Crippen MR) is 88.8 cm³/mol. The van der Waals surface area contributed by atoms with Gasteiger partial charge < -0.3 is 9.84 Å². The van der Waals surface area contributed by atoms with Gasteiger partial charge in [-0.15, -0.1) is 0 Å². The molecule has 2 aromatic carbocycles. The minimum Gasteiger partial charge on any atom is -0.497 e. The summed E-state index contributed by atoms with van der Waals surface area (Å²) in [6.07, 6.45) is -0.908. The molecule has 0 saturated heterocycles. The van der Waals surface area contributed by atoms with Gasteiger partial charge in [0.05, 0.1) is 24.2 Å². The number of sulfonamides is 1. The van der Waals surface area contributed by atoms with Crippen LogP contribution in [0.5, 0.6) is 5.75 Å². The van der Waals surface area contributed by atoms with Crippen LogP contribution in [0.4, 0.5) is 0 Å². The zero-order valence-electron chi connectivity index (χ0n) is 13.4. The van der Waals surface area contributed by atoms with Gasteiger partial charge in [-0.05, 0) is 36.8 Å². The largest absolute Gasteiger partial charge is 0.497 e. The van der Waals surface area contributed by atoms with Gasteiger partial charge in [0.1, 0.15) is 5.75 Å². The maximum Gasteiger partial charge on any atom is 0.243 e. The molecule has 2 aromatic rings. The lowest BCUT2D eigenvalue weighted by molar-refractivity contribution is 0.108. The third kappa shape index (κ3) is 3.72. The van der Waals surface area contributed by atoms with Crippen LogP contribution in [-0.2, 0) is 10.0 Å². The Hall–Kier alpha value is -1.89. The lowest BCUT2D eigenvalue weighted by Gasteiger charge is -2.28. The molecule has 2 atom stereocenters. The molecular weight excluding hydrogens is 314 g/mol. The highest BCUT2D eigenvalue weighted by Gasteiger charge is 2.30. The number of benzene rings is 2. The number of rotatable bonds is 6. The first-order valence-corrected chi connectivity index (χ1v) is 8.67. The summed E-state index contributed by atoms with van der Waals surface area (Å²) in [6.45, 7) is 1.68. The van der Waals surface area contributed by atoms with Gasteiger partial charge in [0.15, 0.2) is 0 Å². The smallest absolute Gasteiger partial charge is 0.243 e. The SMILES string of the molecule is COc1ccc(S(=O)(=O)N(C)[C@@H](C)[C@@H](O)c2ccccc2)cc1. The molecule has 0 aliphatic rings. The average Bonchev–Trinajstić information content (AvgIpc) is 2.60. The van der Waals surface area contributed by atoms with Gasteiger partial charge in [-0.3, -0.25) is 0 Å². The molecule has 0 bridgehead atoms. The number of methoxy groups -OCH3 is 1. The van der Waals surface area contributed by atoms with E-state index >= 15 is 0 Å². The van der Waals surface area contributed by atoms with Crippen LogP contribution in [0.15, 0.2) is 59.5 Å². The monoisotopic (exact) mass is 335 g/mol. The van der Waals surface area contributed by atoms with E-state index in [1.54, 1.807) is 31.2 Å². The van der Waals surface area contributed by atoms with Crippen molar-refractivity contribution < 1.29 is 18.3 Å². The van der Waals surface area contributed by atoms with Crippen molar-refractivity contribution in [2.24, 2.45) is 0 Å². The molecule has 0 unspecified atom stereocenters. The number of hydrogen-bond donors (Lipinski definition) is 1. The van der Waals surface area contributed by atoms with Crippen molar-refractivity contribution in [3.63, 3.8) is 0 Å². The molecule has 0 aliphatic carbocycles. The molecule has 1 N–H and O–H groups in total. The second-order valence-electron chi connectivity index (χ2n) is 5.29. The Labute approximate surface area is 137 Å². The van der Waals surface area contributed by atoms with Crippen molar-refractivity contribution in [1.29, 1.82) is 0 Å². The minimum atomic E-state index is -3.70. The van der Waals surface area contributed by atoms with E-state index in [1.165, 1.54) is 30.6 Å². The molecule has 0 aliphatic heterocycles. The van der Waals surface area contributed by atoms with E-state index in [-0.39, 0.29) is 4.90 Å². The van der Waals surface area contributed by atoms with E-state index in [0.29, 0.717) is 11.3 Å². The van der Waals surface area contributed by atoms with Crippen molar-refractivity contribution in [3.8, 4) is 5.75 Å². The molecular formula is C17H21NO4S. The fourth-order valence-corrected chi connectivity index (χ4v) is 3.63. The maximum atomic E-state index is 12.7. The lowest BCUT2D eigenvalue weighted by atomic mass is 10.0. The zero-order valence-corrected chi connectivity index (χ0v) is 14.2. The quantitative estimate of drug-likeness (QED) is 0.880. The number of nitrogens with zero attached hydrogens (tertiary/aromatic N) is 1. The average molecular weight is 335 g/mol. The fraction of sp³-hybridized carbons (Fsp3) is 0.294. The van der Waals surface area contributed by atoms with Crippen molar-refractivity contribution in [3.05, 3.63) is 60.2 Å². The van der Waals surface area contributed by atoms with Gasteiger partial charge in [0, 0.05) is 7.05 Å². The molecule has 5 nitrogen and oxygen atoms in total. The highest BCUT2D eigenvalue weighted by atomic mass is 32.2. The first-order chi connectivity index (χ1) is 10.9. The Morgan fingerprint density at radius 2 is 1.61 bits per heavy atom. The van der Waals surface area contributed by atoms with E-state index < -0.39 is 22.2 Å². The number of aliphatic hydroxyl groups is 1. The van der Waals surface area contributed by atoms with E-state index in [2.05, 4.69) is 0 Å². The van der Waals surface area contributed by atoms with Gasteiger partial charge in [-0.25, -0.2) is 8.42 Å². The van der Waals surface area contributed by atoms with E-state index in [0.717, 1.165) is 0 Å². The van der Waals surface area contributed by atoms with E-state index in [4.69, 9.17) is 4.74 Å². The number of hydrogen-bond acceptors (Lipinski definition) is 4. The normalized spacial score (nSPS) is 14.5. The van der Waals surface area contributed by atoms with Crippen LogP contribution < -0.4 is 4.74 Å². The summed E-state index contributed by atoms with van der Waals surface area (Å²) in [5.74, 6) is 0.587. The topological polar surface area (TPSA) is 66.8 Å². The second kappa shape index (κ2) is 7.12. The predicted octanol–water partition coefficient (Wildman–Crippen LogP) is 2.44. The Morgan fingerprint density at radius 3 is 2.13 bits per heavy atom. The summed E-state index contributed by atoms with van der Waals surface area (Å²) in [5.41, 5.74) is 0.678. The summed E-state index contributed by atoms with van der Waals surface area (Å²) in [5, 5.41) is 10.4. The standard InChI is InChI=1S/C17H21NO4S/c1-13(17(19)14-7-5-4-6-8-14)18(2)23(20,21)16-11-9-15(22-3)10-12-16/h4-13,17,19H,1-3H3/t13-,17+/m0/s1. The van der Waals surface area contributed by atoms with Crippen LogP contribution in [0, 0.1) is 0 Å². The zero-order chi connectivity index (χ0) is 17.0. The van der Waals surface area contributed by atoms with Gasteiger partial charge >= 0.3 is 0 Å². The molecule has 124 valence electrons. The van der Waals surface area contributed by atoms with E-state index in [1.807, 2.05) is 18.2 Å². The minimum absolute atomic E-state index is 0.160. The van der Waals surface area contributed by atoms with Crippen molar-refractivity contribution in [2.45, 2.75) is 24.0 Å². The Balaban J connectivity index is 2.24. The lowest BCUT2D eigenvalue weighted by Crippen LogP contribution is -2.39. The fourth-order valence-electron chi connectivity index (χ4n) is 2.26. The number of ether oxygens (including phenoxy) is 1. The van der Waals surface area contributed by atoms with Crippen molar-refractivity contribution >= 4 is 10.0 Å². The summed E-state index contributed by atoms with van der Waals surface area (Å²) in [7, 11) is -0.708. The molecule has 0 spiro atoms. The van der Waals surface area contributed by atoms with Crippen LogP contribution >= 0.6 is 0 Å². The Kier molecular flexibility index (Phi) is 5.41. The van der Waals surface area contributed by atoms with Crippen LogP contribution in [0.25, 0.3) is 0 Å². The molecule has 0 fully saturated rings. The van der Waals surface area contributed by atoms with Gasteiger partial charge in [-0.1, -0.05) is 30.3 Å².